The molecule has 0 aliphatic carbocycles. The summed E-state index contributed by atoms with van der Waals surface area (Å²) in [5.74, 6) is 0.0765. The molecule has 0 bridgehead atoms. The molecule has 1 N–H and O–H groups in total. The highest BCUT2D eigenvalue weighted by atomic mass is 16.5. The maximum absolute atomic E-state index is 13.1. The number of benzene rings is 1. The van der Waals surface area contributed by atoms with Crippen LogP contribution in [0.25, 0.3) is 0 Å². The molecule has 27 heavy (non-hydrogen) atoms. The summed E-state index contributed by atoms with van der Waals surface area (Å²) in [4.78, 5) is 17.1. The summed E-state index contributed by atoms with van der Waals surface area (Å²) in [5, 5.41) is 13.5. The summed E-state index contributed by atoms with van der Waals surface area (Å²) in [6.07, 6.45) is 4.01. The zero-order chi connectivity index (χ0) is 19.4. The molecule has 146 valence electrons. The van der Waals surface area contributed by atoms with Gasteiger partial charge in [-0.25, -0.2) is 0 Å². The van der Waals surface area contributed by atoms with Crippen LogP contribution in [0.3, 0.4) is 0 Å². The number of aliphatic hydroxyl groups is 1. The first-order valence-electron chi connectivity index (χ1n) is 9.21. The summed E-state index contributed by atoms with van der Waals surface area (Å²) in [5.41, 5.74) is 2.78. The number of hydrogen-bond donors (Lipinski definition) is 1. The Morgan fingerprint density at radius 3 is 2.59 bits per heavy atom. The van der Waals surface area contributed by atoms with Gasteiger partial charge in [0.1, 0.15) is 0 Å². The van der Waals surface area contributed by atoms with Crippen LogP contribution in [0.5, 0.6) is 0 Å². The van der Waals surface area contributed by atoms with E-state index in [1.807, 2.05) is 62.7 Å². The molecule has 1 aromatic carbocycles. The summed E-state index contributed by atoms with van der Waals surface area (Å²) >= 11 is 0. The van der Waals surface area contributed by atoms with Crippen LogP contribution in [0.15, 0.2) is 36.7 Å². The number of ether oxygens (including phenoxy) is 1. The molecule has 1 fully saturated rings. The van der Waals surface area contributed by atoms with Crippen LogP contribution in [0.2, 0.25) is 0 Å². The second kappa shape index (κ2) is 8.65. The Kier molecular flexibility index (Phi) is 6.26. The lowest BCUT2D eigenvalue weighted by atomic mass is 9.99. The topological polar surface area (TPSA) is 70.8 Å². The molecule has 1 aromatic heterocycles. The van der Waals surface area contributed by atoms with Gasteiger partial charge in [0.05, 0.1) is 38.0 Å². The van der Waals surface area contributed by atoms with Crippen molar-refractivity contribution in [2.45, 2.75) is 25.2 Å². The number of carbonyl (C=O) groups is 1. The van der Waals surface area contributed by atoms with Crippen molar-refractivity contribution in [1.82, 2.24) is 19.6 Å². The molecule has 1 amide bonds. The summed E-state index contributed by atoms with van der Waals surface area (Å²) in [7, 11) is 5.89. The van der Waals surface area contributed by atoms with Crippen LogP contribution in [0.1, 0.15) is 22.7 Å². The Morgan fingerprint density at radius 1 is 1.30 bits per heavy atom. The normalized spacial score (nSPS) is 20.3. The van der Waals surface area contributed by atoms with E-state index in [4.69, 9.17) is 4.74 Å². The number of rotatable bonds is 6. The minimum absolute atomic E-state index is 0.00693. The van der Waals surface area contributed by atoms with E-state index in [0.717, 1.165) is 23.2 Å². The summed E-state index contributed by atoms with van der Waals surface area (Å²) in [6, 6.07) is 7.37. The van der Waals surface area contributed by atoms with Crippen molar-refractivity contribution in [2.75, 3.05) is 33.8 Å². The first-order valence-corrected chi connectivity index (χ1v) is 9.21. The van der Waals surface area contributed by atoms with E-state index < -0.39 is 0 Å². The van der Waals surface area contributed by atoms with E-state index in [1.54, 1.807) is 4.68 Å². The molecule has 3 rings (SSSR count). The quantitative estimate of drug-likeness (QED) is 0.819. The van der Waals surface area contributed by atoms with Gasteiger partial charge in [0.25, 0.3) is 0 Å². The Bertz CT molecular complexity index is 757. The van der Waals surface area contributed by atoms with Gasteiger partial charge in [-0.1, -0.05) is 24.3 Å². The van der Waals surface area contributed by atoms with Crippen molar-refractivity contribution in [1.29, 1.82) is 0 Å². The van der Waals surface area contributed by atoms with Crippen LogP contribution >= 0.6 is 0 Å². The van der Waals surface area contributed by atoms with Gasteiger partial charge in [-0.3, -0.25) is 9.48 Å². The smallest absolute Gasteiger partial charge is 0.227 e. The molecule has 1 saturated heterocycles. The average Bonchev–Trinajstić information content (AvgIpc) is 3.07. The maximum Gasteiger partial charge on any atom is 0.227 e. The molecule has 0 radical (unpaired) electrons. The van der Waals surface area contributed by atoms with Crippen molar-refractivity contribution < 1.29 is 14.6 Å². The summed E-state index contributed by atoms with van der Waals surface area (Å²) in [6.45, 7) is 1.84. The van der Waals surface area contributed by atoms with Crippen molar-refractivity contribution in [3.8, 4) is 0 Å². The van der Waals surface area contributed by atoms with Gasteiger partial charge in [0, 0.05) is 31.9 Å². The van der Waals surface area contributed by atoms with E-state index in [9.17, 15) is 9.90 Å². The number of nitrogens with zero attached hydrogens (tertiary/aromatic N) is 4. The molecule has 1 aliphatic rings. The Balaban J connectivity index is 1.81. The zero-order valence-corrected chi connectivity index (χ0v) is 16.2. The predicted octanol–water partition coefficient (Wildman–Crippen LogP) is 0.985. The second-order valence-electron chi connectivity index (χ2n) is 7.30. The highest BCUT2D eigenvalue weighted by Gasteiger charge is 2.37. The van der Waals surface area contributed by atoms with Gasteiger partial charge in [-0.2, -0.15) is 5.10 Å². The van der Waals surface area contributed by atoms with Crippen molar-refractivity contribution in [3.63, 3.8) is 0 Å². The highest BCUT2D eigenvalue weighted by Crippen LogP contribution is 2.30. The van der Waals surface area contributed by atoms with E-state index in [1.165, 1.54) is 0 Å². The maximum atomic E-state index is 13.1. The van der Waals surface area contributed by atoms with E-state index in [2.05, 4.69) is 10.00 Å². The third kappa shape index (κ3) is 4.74. The minimum Gasteiger partial charge on any atom is -0.392 e. The number of carbonyl (C=O) groups excluding carboxylic acids is 1. The number of aryl methyl sites for hydroxylation is 1. The third-order valence-electron chi connectivity index (χ3n) is 4.84. The van der Waals surface area contributed by atoms with Crippen LogP contribution < -0.4 is 0 Å². The van der Waals surface area contributed by atoms with Gasteiger partial charge >= 0.3 is 0 Å². The van der Waals surface area contributed by atoms with Crippen LogP contribution in [-0.4, -0.2) is 70.5 Å². The predicted molar refractivity (Wildman–Crippen MR) is 102 cm³/mol. The molecular weight excluding hydrogens is 344 g/mol. The van der Waals surface area contributed by atoms with Gasteiger partial charge < -0.3 is 19.6 Å². The Labute approximate surface area is 160 Å². The standard InChI is InChI=1S/C20H28N4O3/c1-22(2)13-18-20(17-11-21-23(3)12-17)24(8-9-27-18)19(26)10-15-4-6-16(14-25)7-5-15/h4-7,11-12,18,20,25H,8-10,13-14H2,1-3H3/t18-,20-/m0/s1. The fourth-order valence-electron chi connectivity index (χ4n) is 3.55. The fraction of sp³-hybridized carbons (Fsp3) is 0.500. The van der Waals surface area contributed by atoms with Gasteiger partial charge in [-0.05, 0) is 25.2 Å². The van der Waals surface area contributed by atoms with Crippen molar-refractivity contribution in [3.05, 3.63) is 53.3 Å². The molecule has 2 aromatic rings. The monoisotopic (exact) mass is 372 g/mol. The first-order chi connectivity index (χ1) is 13.0. The molecule has 1 aliphatic heterocycles. The molecule has 2 heterocycles. The Hall–Kier alpha value is -2.22. The number of aromatic nitrogens is 2. The molecule has 0 spiro atoms. The Morgan fingerprint density at radius 2 is 2.00 bits per heavy atom. The lowest BCUT2D eigenvalue weighted by Crippen LogP contribution is -2.51. The number of likely N-dealkylation sites (N-methyl/N-ethyl adjacent to an activating group) is 1. The number of morpholine rings is 1. The number of hydrogen-bond acceptors (Lipinski definition) is 5. The molecule has 2 atom stereocenters. The zero-order valence-electron chi connectivity index (χ0n) is 16.2. The van der Waals surface area contributed by atoms with Crippen LogP contribution in [0, 0.1) is 0 Å². The average molecular weight is 372 g/mol. The number of amides is 1. The summed E-state index contributed by atoms with van der Waals surface area (Å²) < 4.78 is 7.78. The first kappa shape index (κ1) is 19.5. The molecular formula is C20H28N4O3. The highest BCUT2D eigenvalue weighted by molar-refractivity contribution is 5.79. The lowest BCUT2D eigenvalue weighted by molar-refractivity contribution is -0.147. The molecule has 7 heteroatoms. The SMILES string of the molecule is CN(C)C[C@@H]1OCCN(C(=O)Cc2ccc(CO)cc2)[C@H]1c1cnn(C)c1. The van der Waals surface area contributed by atoms with Crippen LogP contribution in [0.4, 0.5) is 0 Å². The van der Waals surface area contributed by atoms with Crippen molar-refractivity contribution >= 4 is 5.91 Å². The van der Waals surface area contributed by atoms with Gasteiger partial charge in [0.15, 0.2) is 0 Å². The number of aliphatic hydroxyl groups excluding tert-OH is 1. The lowest BCUT2D eigenvalue weighted by Gasteiger charge is -2.42. The largest absolute Gasteiger partial charge is 0.392 e. The van der Waals surface area contributed by atoms with Crippen molar-refractivity contribution in [2.24, 2.45) is 7.05 Å². The second-order valence-corrected chi connectivity index (χ2v) is 7.30. The van der Waals surface area contributed by atoms with Gasteiger partial charge in [-0.15, -0.1) is 0 Å². The van der Waals surface area contributed by atoms with Gasteiger partial charge in [0.2, 0.25) is 5.91 Å². The fourth-order valence-corrected chi connectivity index (χ4v) is 3.55. The van der Waals surface area contributed by atoms with E-state index >= 15 is 0 Å². The molecule has 7 nitrogen and oxygen atoms in total. The minimum atomic E-state index is -0.154. The van der Waals surface area contributed by atoms with Crippen LogP contribution in [-0.2, 0) is 29.6 Å². The third-order valence-corrected chi connectivity index (χ3v) is 4.84. The molecule has 0 saturated carbocycles. The van der Waals surface area contributed by atoms with E-state index in [-0.39, 0.29) is 24.7 Å². The van der Waals surface area contributed by atoms with E-state index in [0.29, 0.717) is 19.6 Å². The molecule has 0 unspecified atom stereocenters.